The molecule has 0 amide bonds. The molecule has 1 atom stereocenters. The van der Waals surface area contributed by atoms with Crippen molar-refractivity contribution in [2.75, 3.05) is 0 Å². The maximum absolute atomic E-state index is 12.3. The minimum absolute atomic E-state index is 0.0569. The molecule has 21 heavy (non-hydrogen) atoms. The van der Waals surface area contributed by atoms with Gasteiger partial charge in [0.1, 0.15) is 5.75 Å². The zero-order valence-electron chi connectivity index (χ0n) is 11.3. The number of nitrogens with zero attached hydrogens (tertiary/aromatic N) is 2. The molecule has 2 aromatic rings. The summed E-state index contributed by atoms with van der Waals surface area (Å²) in [6, 6.07) is 5.80. The van der Waals surface area contributed by atoms with Crippen LogP contribution in [0, 0.1) is 0 Å². The number of halogens is 3. The summed E-state index contributed by atoms with van der Waals surface area (Å²) in [7, 11) is 0. The van der Waals surface area contributed by atoms with E-state index in [0.29, 0.717) is 22.8 Å². The summed E-state index contributed by atoms with van der Waals surface area (Å²) in [6.07, 6.45) is 1.52. The van der Waals surface area contributed by atoms with Gasteiger partial charge >= 0.3 is 6.61 Å². The van der Waals surface area contributed by atoms with Crippen molar-refractivity contribution >= 4 is 11.6 Å². The molecule has 1 unspecified atom stereocenters. The van der Waals surface area contributed by atoms with E-state index in [-0.39, 0.29) is 5.75 Å². The quantitative estimate of drug-likeness (QED) is 0.635. The largest absolute Gasteiger partial charge is 0.435 e. The monoisotopic (exact) mass is 316 g/mol. The number of nitrogens with two attached hydrogens (primary N) is 1. The predicted molar refractivity (Wildman–Crippen MR) is 75.2 cm³/mol. The van der Waals surface area contributed by atoms with Crippen LogP contribution in [0.3, 0.4) is 0 Å². The van der Waals surface area contributed by atoms with E-state index >= 15 is 0 Å². The van der Waals surface area contributed by atoms with Crippen LogP contribution in [0.1, 0.15) is 24.2 Å². The Balaban J connectivity index is 2.39. The Labute approximate surface area is 125 Å². The van der Waals surface area contributed by atoms with Gasteiger partial charge < -0.3 is 4.74 Å². The highest BCUT2D eigenvalue weighted by atomic mass is 35.5. The number of aryl methyl sites for hydroxylation is 1. The summed E-state index contributed by atoms with van der Waals surface area (Å²) in [4.78, 5) is 0. The molecule has 1 heterocycles. The van der Waals surface area contributed by atoms with E-state index in [0.717, 1.165) is 0 Å². The molecule has 3 N–H and O–H groups in total. The summed E-state index contributed by atoms with van der Waals surface area (Å²) < 4.78 is 30.7. The normalized spacial score (nSPS) is 12.7. The zero-order chi connectivity index (χ0) is 15.4. The SMILES string of the molecule is CCn1ncc(Cl)c1C(NN)c1cccc(OC(F)F)c1. The summed E-state index contributed by atoms with van der Waals surface area (Å²) in [5, 5.41) is 4.58. The van der Waals surface area contributed by atoms with Crippen molar-refractivity contribution in [3.8, 4) is 5.75 Å². The van der Waals surface area contributed by atoms with E-state index in [4.69, 9.17) is 17.4 Å². The van der Waals surface area contributed by atoms with E-state index in [1.54, 1.807) is 16.8 Å². The lowest BCUT2D eigenvalue weighted by molar-refractivity contribution is -0.0498. The minimum Gasteiger partial charge on any atom is -0.435 e. The fourth-order valence-corrected chi connectivity index (χ4v) is 2.36. The zero-order valence-corrected chi connectivity index (χ0v) is 12.0. The second kappa shape index (κ2) is 6.84. The molecule has 0 saturated heterocycles. The van der Waals surface area contributed by atoms with E-state index in [1.807, 2.05) is 6.92 Å². The van der Waals surface area contributed by atoms with Crippen molar-refractivity contribution in [3.05, 3.63) is 46.7 Å². The van der Waals surface area contributed by atoms with Gasteiger partial charge in [-0.25, -0.2) is 5.43 Å². The molecule has 1 aromatic heterocycles. The van der Waals surface area contributed by atoms with Gasteiger partial charge in [0.15, 0.2) is 0 Å². The molecule has 114 valence electrons. The Morgan fingerprint density at radius 2 is 2.24 bits per heavy atom. The number of nitrogens with one attached hydrogen (secondary N) is 1. The van der Waals surface area contributed by atoms with Crippen molar-refractivity contribution in [2.45, 2.75) is 26.1 Å². The fraction of sp³-hybridized carbons (Fsp3) is 0.308. The predicted octanol–water partition coefficient (Wildman–Crippen LogP) is 2.71. The van der Waals surface area contributed by atoms with Crippen LogP contribution < -0.4 is 16.0 Å². The van der Waals surface area contributed by atoms with Crippen LogP contribution in [-0.2, 0) is 6.54 Å². The highest BCUT2D eigenvalue weighted by molar-refractivity contribution is 6.31. The van der Waals surface area contributed by atoms with E-state index in [1.165, 1.54) is 18.3 Å². The Morgan fingerprint density at radius 1 is 1.48 bits per heavy atom. The molecule has 1 aromatic carbocycles. The molecule has 2 rings (SSSR count). The van der Waals surface area contributed by atoms with Gasteiger partial charge in [-0.15, -0.1) is 0 Å². The highest BCUT2D eigenvalue weighted by Crippen LogP contribution is 2.29. The molecule has 0 saturated carbocycles. The summed E-state index contributed by atoms with van der Waals surface area (Å²) >= 11 is 6.14. The summed E-state index contributed by atoms with van der Waals surface area (Å²) in [5.74, 6) is 5.66. The number of aromatic nitrogens is 2. The first-order valence-corrected chi connectivity index (χ1v) is 6.66. The average molecular weight is 317 g/mol. The summed E-state index contributed by atoms with van der Waals surface area (Å²) in [5.41, 5.74) is 3.94. The first-order chi connectivity index (χ1) is 10.1. The third-order valence-electron chi connectivity index (χ3n) is 2.99. The highest BCUT2D eigenvalue weighted by Gasteiger charge is 2.21. The van der Waals surface area contributed by atoms with Crippen molar-refractivity contribution in [2.24, 2.45) is 5.84 Å². The second-order valence-electron chi connectivity index (χ2n) is 4.24. The maximum atomic E-state index is 12.3. The van der Waals surface area contributed by atoms with Crippen LogP contribution in [-0.4, -0.2) is 16.4 Å². The lowest BCUT2D eigenvalue weighted by Crippen LogP contribution is -2.31. The Morgan fingerprint density at radius 3 is 2.86 bits per heavy atom. The first kappa shape index (κ1) is 15.7. The fourth-order valence-electron chi connectivity index (χ4n) is 2.11. The third-order valence-corrected chi connectivity index (χ3v) is 3.28. The molecule has 0 spiro atoms. The van der Waals surface area contributed by atoms with E-state index in [2.05, 4.69) is 15.3 Å². The molecule has 0 aliphatic carbocycles. The number of hydrogen-bond donors (Lipinski definition) is 2. The van der Waals surface area contributed by atoms with Gasteiger partial charge in [0.2, 0.25) is 0 Å². The molecule has 0 aliphatic rings. The lowest BCUT2D eigenvalue weighted by Gasteiger charge is -2.19. The Bertz CT molecular complexity index is 606. The van der Waals surface area contributed by atoms with Crippen LogP contribution in [0.4, 0.5) is 8.78 Å². The Kier molecular flexibility index (Phi) is 5.11. The number of alkyl halides is 2. The smallest absolute Gasteiger partial charge is 0.387 e. The van der Waals surface area contributed by atoms with Crippen molar-refractivity contribution in [1.82, 2.24) is 15.2 Å². The van der Waals surface area contributed by atoms with E-state index < -0.39 is 12.7 Å². The van der Waals surface area contributed by atoms with Gasteiger partial charge in [-0.3, -0.25) is 10.5 Å². The van der Waals surface area contributed by atoms with Gasteiger partial charge in [0.05, 0.1) is 23.0 Å². The van der Waals surface area contributed by atoms with Crippen molar-refractivity contribution in [3.63, 3.8) is 0 Å². The standard InChI is InChI=1S/C13H15ClF2N4O/c1-2-20-12(10(14)7-18-20)11(19-17)8-4-3-5-9(6-8)21-13(15)16/h3-7,11,13,19H,2,17H2,1H3. The van der Waals surface area contributed by atoms with Crippen LogP contribution in [0.25, 0.3) is 0 Å². The van der Waals surface area contributed by atoms with Crippen molar-refractivity contribution < 1.29 is 13.5 Å². The van der Waals surface area contributed by atoms with Gasteiger partial charge in [-0.1, -0.05) is 23.7 Å². The molecule has 0 aliphatic heterocycles. The molecule has 0 radical (unpaired) electrons. The molecular formula is C13H15ClF2N4O. The number of rotatable bonds is 6. The second-order valence-corrected chi connectivity index (χ2v) is 4.65. The van der Waals surface area contributed by atoms with Gasteiger partial charge in [0, 0.05) is 6.54 Å². The van der Waals surface area contributed by atoms with Gasteiger partial charge in [0.25, 0.3) is 0 Å². The third kappa shape index (κ3) is 3.49. The van der Waals surface area contributed by atoms with Crippen LogP contribution in [0.5, 0.6) is 5.75 Å². The molecular weight excluding hydrogens is 302 g/mol. The van der Waals surface area contributed by atoms with Gasteiger partial charge in [-0.05, 0) is 24.6 Å². The number of hydrazine groups is 1. The number of hydrogen-bond acceptors (Lipinski definition) is 4. The van der Waals surface area contributed by atoms with Crippen LogP contribution in [0.2, 0.25) is 5.02 Å². The number of benzene rings is 1. The molecule has 8 heteroatoms. The van der Waals surface area contributed by atoms with Crippen molar-refractivity contribution in [1.29, 1.82) is 0 Å². The summed E-state index contributed by atoms with van der Waals surface area (Å²) in [6.45, 7) is -0.362. The molecule has 0 bridgehead atoms. The van der Waals surface area contributed by atoms with Crippen LogP contribution in [0.15, 0.2) is 30.5 Å². The number of ether oxygens (including phenoxy) is 1. The molecule has 5 nitrogen and oxygen atoms in total. The molecule has 0 fully saturated rings. The average Bonchev–Trinajstić information content (AvgIpc) is 2.81. The maximum Gasteiger partial charge on any atom is 0.387 e. The minimum atomic E-state index is -2.88. The van der Waals surface area contributed by atoms with E-state index in [9.17, 15) is 8.78 Å². The lowest BCUT2D eigenvalue weighted by atomic mass is 10.0. The Hall–Kier alpha value is -1.70. The van der Waals surface area contributed by atoms with Crippen LogP contribution >= 0.6 is 11.6 Å². The first-order valence-electron chi connectivity index (χ1n) is 6.29. The topological polar surface area (TPSA) is 65.1 Å². The van der Waals surface area contributed by atoms with Gasteiger partial charge in [-0.2, -0.15) is 13.9 Å².